The molecular weight excluding hydrogens is 472 g/mol. The number of hydrogen-bond acceptors (Lipinski definition) is 5. The number of methoxy groups -OCH3 is 1. The van der Waals surface area contributed by atoms with E-state index >= 15 is 0 Å². The molecule has 1 amide bonds. The topological polar surface area (TPSA) is 87.7 Å². The minimum atomic E-state index is -0.575. The van der Waals surface area contributed by atoms with Gasteiger partial charge in [0.25, 0.3) is 5.91 Å². The Kier molecular flexibility index (Phi) is 6.11. The average molecular weight is 497 g/mol. The maximum atomic E-state index is 13.6. The first-order valence-corrected chi connectivity index (χ1v) is 11.3. The average Bonchev–Trinajstić information content (AvgIpc) is 2.76. The van der Waals surface area contributed by atoms with Gasteiger partial charge in [0.05, 0.1) is 11.6 Å². The molecule has 4 rings (SSSR count). The van der Waals surface area contributed by atoms with Gasteiger partial charge in [-0.25, -0.2) is 0 Å². The van der Waals surface area contributed by atoms with Gasteiger partial charge in [0, 0.05) is 40.6 Å². The van der Waals surface area contributed by atoms with E-state index in [0.29, 0.717) is 33.3 Å². The molecule has 3 N–H and O–H groups in total. The van der Waals surface area contributed by atoms with E-state index in [9.17, 15) is 14.7 Å². The van der Waals surface area contributed by atoms with E-state index in [1.54, 1.807) is 12.1 Å². The van der Waals surface area contributed by atoms with Crippen molar-refractivity contribution in [2.45, 2.75) is 39.0 Å². The fourth-order valence-electron chi connectivity index (χ4n) is 4.44. The van der Waals surface area contributed by atoms with Gasteiger partial charge in [0.15, 0.2) is 17.3 Å². The van der Waals surface area contributed by atoms with Gasteiger partial charge in [0.2, 0.25) is 0 Å². The largest absolute Gasteiger partial charge is 0.503 e. The lowest BCUT2D eigenvalue weighted by molar-refractivity contribution is -0.116. The SMILES string of the molecule is COc1cc([C@H]2C(C(=O)Nc3ccccc3C)=C(C)NC3=C2C(=O)CCC3)cc(Br)c1O. The van der Waals surface area contributed by atoms with Crippen molar-refractivity contribution < 1.29 is 19.4 Å². The first kappa shape index (κ1) is 22.1. The smallest absolute Gasteiger partial charge is 0.254 e. The molecule has 6 nitrogen and oxygen atoms in total. The summed E-state index contributed by atoms with van der Waals surface area (Å²) in [5, 5.41) is 16.6. The van der Waals surface area contributed by atoms with Gasteiger partial charge in [-0.2, -0.15) is 0 Å². The summed E-state index contributed by atoms with van der Waals surface area (Å²) < 4.78 is 5.78. The molecule has 0 unspecified atom stereocenters. The number of amides is 1. The molecule has 32 heavy (non-hydrogen) atoms. The molecule has 0 fully saturated rings. The lowest BCUT2D eigenvalue weighted by Crippen LogP contribution is -2.35. The van der Waals surface area contributed by atoms with Crippen LogP contribution in [0.2, 0.25) is 0 Å². The van der Waals surface area contributed by atoms with E-state index in [0.717, 1.165) is 29.8 Å². The summed E-state index contributed by atoms with van der Waals surface area (Å²) in [6.07, 6.45) is 1.97. The third kappa shape index (κ3) is 3.93. The minimum absolute atomic E-state index is 0.0269. The van der Waals surface area contributed by atoms with Crippen molar-refractivity contribution >= 4 is 33.3 Å². The molecule has 0 radical (unpaired) electrons. The summed E-state index contributed by atoms with van der Waals surface area (Å²) in [4.78, 5) is 26.6. The number of dihydropyridines is 1. The summed E-state index contributed by atoms with van der Waals surface area (Å²) in [6, 6.07) is 11.0. The van der Waals surface area contributed by atoms with Crippen LogP contribution in [0, 0.1) is 6.92 Å². The standard InChI is InChI=1S/C25H25BrN2O4/c1-13-7-4-5-8-17(13)28-25(31)21-14(2)27-18-9-6-10-19(29)23(18)22(21)15-11-16(26)24(30)20(12-15)32-3/h4-5,7-8,11-12,22,27,30H,6,9-10H2,1-3H3,(H,28,31)/t22-/m0/s1. The van der Waals surface area contributed by atoms with Gasteiger partial charge in [-0.1, -0.05) is 18.2 Å². The van der Waals surface area contributed by atoms with Crippen LogP contribution in [0.25, 0.3) is 0 Å². The van der Waals surface area contributed by atoms with Crippen LogP contribution in [0.4, 0.5) is 5.69 Å². The molecule has 2 aromatic carbocycles. The number of anilines is 1. The Morgan fingerprint density at radius 3 is 2.69 bits per heavy atom. The number of aryl methyl sites for hydroxylation is 1. The highest BCUT2D eigenvalue weighted by molar-refractivity contribution is 9.10. The van der Waals surface area contributed by atoms with E-state index in [2.05, 4.69) is 26.6 Å². The number of ketones is 1. The van der Waals surface area contributed by atoms with Crippen molar-refractivity contribution in [3.8, 4) is 11.5 Å². The van der Waals surface area contributed by atoms with Gasteiger partial charge >= 0.3 is 0 Å². The number of ether oxygens (including phenoxy) is 1. The molecule has 1 aliphatic carbocycles. The van der Waals surface area contributed by atoms with Crippen LogP contribution in [0.5, 0.6) is 11.5 Å². The van der Waals surface area contributed by atoms with Crippen molar-refractivity contribution in [2.24, 2.45) is 0 Å². The van der Waals surface area contributed by atoms with E-state index < -0.39 is 5.92 Å². The Labute approximate surface area is 195 Å². The zero-order valence-corrected chi connectivity index (χ0v) is 19.8. The van der Waals surface area contributed by atoms with Crippen molar-refractivity contribution in [3.63, 3.8) is 0 Å². The van der Waals surface area contributed by atoms with E-state index in [-0.39, 0.29) is 23.2 Å². The Balaban J connectivity index is 1.86. The molecule has 0 bridgehead atoms. The predicted molar refractivity (Wildman–Crippen MR) is 127 cm³/mol. The molecule has 2 aliphatic rings. The fourth-order valence-corrected chi connectivity index (χ4v) is 4.90. The molecule has 1 atom stereocenters. The van der Waals surface area contributed by atoms with Crippen molar-refractivity contribution in [1.29, 1.82) is 0 Å². The molecule has 1 aliphatic heterocycles. The summed E-state index contributed by atoms with van der Waals surface area (Å²) >= 11 is 3.38. The Bertz CT molecular complexity index is 1180. The van der Waals surface area contributed by atoms with Gasteiger partial charge in [-0.3, -0.25) is 9.59 Å². The summed E-state index contributed by atoms with van der Waals surface area (Å²) in [7, 11) is 1.47. The van der Waals surface area contributed by atoms with E-state index in [4.69, 9.17) is 4.74 Å². The number of Topliss-reactive ketones (excluding diaryl/α,β-unsaturated/α-hetero) is 1. The second-order valence-electron chi connectivity index (χ2n) is 8.09. The highest BCUT2D eigenvalue weighted by atomic mass is 79.9. The summed E-state index contributed by atoms with van der Waals surface area (Å²) in [5.74, 6) is -0.576. The Morgan fingerprint density at radius 1 is 1.22 bits per heavy atom. The molecular formula is C25H25BrN2O4. The second kappa shape index (κ2) is 8.82. The summed E-state index contributed by atoms with van der Waals surface area (Å²) in [5.41, 5.74) is 5.01. The number of phenols is 1. The molecule has 0 spiro atoms. The van der Waals surface area contributed by atoms with Gasteiger partial charge in [-0.05, 0) is 71.9 Å². The first-order chi connectivity index (χ1) is 15.3. The van der Waals surface area contributed by atoms with Crippen LogP contribution in [0.3, 0.4) is 0 Å². The van der Waals surface area contributed by atoms with Gasteiger partial charge in [0.1, 0.15) is 0 Å². The van der Waals surface area contributed by atoms with Crippen LogP contribution in [-0.2, 0) is 9.59 Å². The normalized spacial score (nSPS) is 18.2. The highest BCUT2D eigenvalue weighted by Gasteiger charge is 2.39. The third-order valence-corrected chi connectivity index (χ3v) is 6.62. The van der Waals surface area contributed by atoms with E-state index in [1.165, 1.54) is 7.11 Å². The number of carbonyl (C=O) groups excluding carboxylic acids is 2. The monoisotopic (exact) mass is 496 g/mol. The Morgan fingerprint density at radius 2 is 1.97 bits per heavy atom. The van der Waals surface area contributed by atoms with Gasteiger partial charge in [-0.15, -0.1) is 0 Å². The number of halogens is 1. The lowest BCUT2D eigenvalue weighted by atomic mass is 9.75. The third-order valence-electron chi connectivity index (χ3n) is 6.02. The number of phenolic OH excluding ortho intramolecular Hbond substituents is 1. The maximum Gasteiger partial charge on any atom is 0.254 e. The molecule has 166 valence electrons. The van der Waals surface area contributed by atoms with Crippen LogP contribution in [-0.4, -0.2) is 23.9 Å². The predicted octanol–water partition coefficient (Wildman–Crippen LogP) is 5.08. The fraction of sp³-hybridized carbons (Fsp3) is 0.280. The zero-order chi connectivity index (χ0) is 23.0. The van der Waals surface area contributed by atoms with Crippen molar-refractivity contribution in [2.75, 3.05) is 12.4 Å². The van der Waals surface area contributed by atoms with Crippen LogP contribution >= 0.6 is 15.9 Å². The molecule has 7 heteroatoms. The number of hydrogen-bond donors (Lipinski definition) is 3. The Hall–Kier alpha value is -3.06. The molecule has 0 saturated carbocycles. The quantitative estimate of drug-likeness (QED) is 0.549. The molecule has 1 heterocycles. The summed E-state index contributed by atoms with van der Waals surface area (Å²) in [6.45, 7) is 3.79. The first-order valence-electron chi connectivity index (χ1n) is 10.5. The maximum absolute atomic E-state index is 13.6. The number of nitrogens with one attached hydrogen (secondary N) is 2. The second-order valence-corrected chi connectivity index (χ2v) is 8.94. The number of carbonyl (C=O) groups is 2. The molecule has 0 aromatic heterocycles. The number of para-hydroxylation sites is 1. The highest BCUT2D eigenvalue weighted by Crippen LogP contribution is 2.46. The van der Waals surface area contributed by atoms with Crippen LogP contribution in [0.1, 0.15) is 43.2 Å². The minimum Gasteiger partial charge on any atom is -0.503 e. The molecule has 2 aromatic rings. The van der Waals surface area contributed by atoms with E-state index in [1.807, 2.05) is 38.1 Å². The number of rotatable bonds is 4. The molecule has 0 saturated heterocycles. The lowest BCUT2D eigenvalue weighted by Gasteiger charge is -2.34. The zero-order valence-electron chi connectivity index (χ0n) is 18.2. The van der Waals surface area contributed by atoms with Crippen LogP contribution < -0.4 is 15.4 Å². The number of aromatic hydroxyl groups is 1. The van der Waals surface area contributed by atoms with Crippen LogP contribution in [0.15, 0.2) is 63.4 Å². The van der Waals surface area contributed by atoms with Gasteiger partial charge < -0.3 is 20.5 Å². The number of allylic oxidation sites excluding steroid dienone is 3. The van der Waals surface area contributed by atoms with Crippen molar-refractivity contribution in [1.82, 2.24) is 5.32 Å². The van der Waals surface area contributed by atoms with Crippen molar-refractivity contribution in [3.05, 3.63) is 74.5 Å². The number of benzene rings is 2.